The van der Waals surface area contributed by atoms with Gasteiger partial charge in [-0.15, -0.1) is 11.8 Å². The van der Waals surface area contributed by atoms with Crippen molar-refractivity contribution in [2.75, 3.05) is 6.54 Å². The first-order chi connectivity index (χ1) is 12.1. The number of carboxylic acids is 1. The summed E-state index contributed by atoms with van der Waals surface area (Å²) in [4.78, 5) is 26.8. The van der Waals surface area contributed by atoms with Gasteiger partial charge >= 0.3 is 5.97 Å². The Kier molecular flexibility index (Phi) is 5.43. The van der Waals surface area contributed by atoms with E-state index in [-0.39, 0.29) is 5.91 Å². The van der Waals surface area contributed by atoms with E-state index in [1.807, 2.05) is 35.2 Å². The Balaban J connectivity index is 1.85. The Morgan fingerprint density at radius 1 is 1.08 bits per heavy atom. The Morgan fingerprint density at radius 2 is 1.76 bits per heavy atom. The number of carbonyl (C=O) groups is 2. The molecule has 4 nitrogen and oxygen atoms in total. The zero-order valence-corrected chi connectivity index (χ0v) is 15.0. The summed E-state index contributed by atoms with van der Waals surface area (Å²) in [5, 5.41) is 8.55. The third-order valence-corrected chi connectivity index (χ3v) is 5.58. The molecule has 1 heterocycles. The number of hydrogen-bond acceptors (Lipinski definition) is 3. The van der Waals surface area contributed by atoms with Gasteiger partial charge in [-0.2, -0.15) is 0 Å². The van der Waals surface area contributed by atoms with Gasteiger partial charge in [0.1, 0.15) is 5.25 Å². The number of benzene rings is 2. The molecule has 3 rings (SSSR count). The fraction of sp³-hybridized carbons (Fsp3) is 0.300. The topological polar surface area (TPSA) is 57.6 Å². The molecule has 2 aromatic rings. The zero-order valence-electron chi connectivity index (χ0n) is 14.1. The standard InChI is InChI=1S/C20H21NO3S/c1-14(20(23)24)25-18-11-5-4-10-17(18)19(22)21-12-6-9-15-7-2-3-8-16(15)13-21/h2-5,7-8,10-11,14H,6,9,12-13H2,1H3,(H,23,24). The van der Waals surface area contributed by atoms with Crippen LogP contribution in [0.3, 0.4) is 0 Å². The molecule has 0 fully saturated rings. The van der Waals surface area contributed by atoms with Crippen molar-refractivity contribution >= 4 is 23.6 Å². The lowest BCUT2D eigenvalue weighted by Crippen LogP contribution is -2.31. The summed E-state index contributed by atoms with van der Waals surface area (Å²) < 4.78 is 0. The van der Waals surface area contributed by atoms with Gasteiger partial charge < -0.3 is 10.0 Å². The molecule has 0 aromatic heterocycles. The fourth-order valence-electron chi connectivity index (χ4n) is 3.03. The van der Waals surface area contributed by atoms with Gasteiger partial charge in [0, 0.05) is 18.0 Å². The maximum Gasteiger partial charge on any atom is 0.316 e. The lowest BCUT2D eigenvalue weighted by atomic mass is 10.0. The number of carbonyl (C=O) groups excluding carboxylic acids is 1. The van der Waals surface area contributed by atoms with Gasteiger partial charge in [0.15, 0.2) is 0 Å². The molecule has 25 heavy (non-hydrogen) atoms. The molecule has 1 N–H and O–H groups in total. The first-order valence-corrected chi connectivity index (χ1v) is 9.29. The van der Waals surface area contributed by atoms with Crippen molar-refractivity contribution < 1.29 is 14.7 Å². The van der Waals surface area contributed by atoms with Gasteiger partial charge in [0.2, 0.25) is 0 Å². The van der Waals surface area contributed by atoms with Gasteiger partial charge in [-0.05, 0) is 43.0 Å². The van der Waals surface area contributed by atoms with Crippen molar-refractivity contribution in [1.29, 1.82) is 0 Å². The molecule has 2 aromatic carbocycles. The molecule has 1 unspecified atom stereocenters. The van der Waals surface area contributed by atoms with Crippen LogP contribution in [0.15, 0.2) is 53.4 Å². The van der Waals surface area contributed by atoms with Crippen LogP contribution in [-0.2, 0) is 17.8 Å². The summed E-state index contributed by atoms with van der Waals surface area (Å²) in [5.41, 5.74) is 3.08. The van der Waals surface area contributed by atoms with E-state index in [2.05, 4.69) is 12.1 Å². The number of aliphatic carboxylic acids is 1. The number of fused-ring (bicyclic) bond motifs is 1. The summed E-state index contributed by atoms with van der Waals surface area (Å²) in [7, 11) is 0. The van der Waals surface area contributed by atoms with E-state index in [0.29, 0.717) is 18.7 Å². The fourth-order valence-corrected chi connectivity index (χ4v) is 3.95. The van der Waals surface area contributed by atoms with Gasteiger partial charge in [-0.25, -0.2) is 0 Å². The van der Waals surface area contributed by atoms with Crippen molar-refractivity contribution in [3.05, 3.63) is 65.2 Å². The van der Waals surface area contributed by atoms with Crippen LogP contribution in [0.5, 0.6) is 0 Å². The maximum absolute atomic E-state index is 13.1. The summed E-state index contributed by atoms with van der Waals surface area (Å²) >= 11 is 1.21. The predicted molar refractivity (Wildman–Crippen MR) is 98.9 cm³/mol. The highest BCUT2D eigenvalue weighted by atomic mass is 32.2. The van der Waals surface area contributed by atoms with Crippen molar-refractivity contribution in [1.82, 2.24) is 4.90 Å². The molecule has 0 saturated carbocycles. The lowest BCUT2D eigenvalue weighted by molar-refractivity contribution is -0.136. The average molecular weight is 355 g/mol. The highest BCUT2D eigenvalue weighted by Crippen LogP contribution is 2.29. The van der Waals surface area contributed by atoms with Crippen molar-refractivity contribution in [3.8, 4) is 0 Å². The molecule has 0 aliphatic carbocycles. The van der Waals surface area contributed by atoms with E-state index in [9.17, 15) is 9.59 Å². The van der Waals surface area contributed by atoms with Crippen LogP contribution >= 0.6 is 11.8 Å². The quantitative estimate of drug-likeness (QED) is 0.847. The molecule has 0 spiro atoms. The molecule has 130 valence electrons. The Labute approximate surface area is 151 Å². The van der Waals surface area contributed by atoms with Gasteiger partial charge in [-0.1, -0.05) is 36.4 Å². The molecule has 5 heteroatoms. The Morgan fingerprint density at radius 3 is 2.52 bits per heavy atom. The number of aryl methyl sites for hydroxylation is 1. The first-order valence-electron chi connectivity index (χ1n) is 8.41. The van der Waals surface area contributed by atoms with Crippen LogP contribution in [0.2, 0.25) is 0 Å². The smallest absolute Gasteiger partial charge is 0.316 e. The SMILES string of the molecule is CC(Sc1ccccc1C(=O)N1CCCc2ccccc2C1)C(=O)O. The van der Waals surface area contributed by atoms with Crippen LogP contribution in [-0.4, -0.2) is 33.7 Å². The molecule has 1 amide bonds. The summed E-state index contributed by atoms with van der Waals surface area (Å²) in [6.45, 7) is 2.94. The second-order valence-electron chi connectivity index (χ2n) is 6.19. The summed E-state index contributed by atoms with van der Waals surface area (Å²) in [6, 6.07) is 15.5. The van der Waals surface area contributed by atoms with E-state index < -0.39 is 11.2 Å². The minimum atomic E-state index is -0.879. The molecule has 0 saturated heterocycles. The highest BCUT2D eigenvalue weighted by molar-refractivity contribution is 8.00. The van der Waals surface area contributed by atoms with Gasteiger partial charge in [0.25, 0.3) is 5.91 Å². The number of amides is 1. The third-order valence-electron chi connectivity index (χ3n) is 4.41. The molecular weight excluding hydrogens is 334 g/mol. The average Bonchev–Trinajstić information content (AvgIpc) is 2.84. The third kappa shape index (κ3) is 4.04. The van der Waals surface area contributed by atoms with Gasteiger partial charge in [0.05, 0.1) is 5.56 Å². The Bertz CT molecular complexity index is 790. The van der Waals surface area contributed by atoms with Crippen LogP contribution in [0.25, 0.3) is 0 Å². The second-order valence-corrected chi connectivity index (χ2v) is 7.58. The largest absolute Gasteiger partial charge is 0.480 e. The number of thioether (sulfide) groups is 1. The van der Waals surface area contributed by atoms with E-state index in [0.717, 1.165) is 17.7 Å². The Hall–Kier alpha value is -2.27. The predicted octanol–water partition coefficient (Wildman–Crippen LogP) is 3.84. The van der Waals surface area contributed by atoms with Crippen LogP contribution in [0, 0.1) is 0 Å². The van der Waals surface area contributed by atoms with Crippen LogP contribution in [0.4, 0.5) is 0 Å². The van der Waals surface area contributed by atoms with Crippen molar-refractivity contribution in [2.24, 2.45) is 0 Å². The minimum Gasteiger partial charge on any atom is -0.480 e. The first kappa shape index (κ1) is 17.5. The zero-order chi connectivity index (χ0) is 17.8. The van der Waals surface area contributed by atoms with E-state index in [4.69, 9.17) is 5.11 Å². The minimum absolute atomic E-state index is 0.0302. The van der Waals surface area contributed by atoms with Crippen LogP contribution in [0.1, 0.15) is 34.8 Å². The summed E-state index contributed by atoms with van der Waals surface area (Å²) in [6.07, 6.45) is 1.91. The molecule has 0 bridgehead atoms. The van der Waals surface area contributed by atoms with Crippen molar-refractivity contribution in [2.45, 2.75) is 36.5 Å². The van der Waals surface area contributed by atoms with E-state index in [1.54, 1.807) is 13.0 Å². The molecular formula is C20H21NO3S. The highest BCUT2D eigenvalue weighted by Gasteiger charge is 2.23. The van der Waals surface area contributed by atoms with E-state index in [1.165, 1.54) is 22.9 Å². The number of nitrogens with zero attached hydrogens (tertiary/aromatic N) is 1. The second kappa shape index (κ2) is 7.74. The lowest BCUT2D eigenvalue weighted by Gasteiger charge is -2.22. The normalized spacial score (nSPS) is 15.2. The molecule has 1 atom stereocenters. The van der Waals surface area contributed by atoms with Gasteiger partial charge in [-0.3, -0.25) is 9.59 Å². The number of rotatable bonds is 4. The number of carboxylic acid groups (broad SMARTS) is 1. The van der Waals surface area contributed by atoms with E-state index >= 15 is 0 Å². The monoisotopic (exact) mass is 355 g/mol. The molecule has 1 aliphatic heterocycles. The van der Waals surface area contributed by atoms with Crippen LogP contribution < -0.4 is 0 Å². The maximum atomic E-state index is 13.1. The summed E-state index contributed by atoms with van der Waals surface area (Å²) in [5.74, 6) is -0.909. The molecule has 0 radical (unpaired) electrons. The van der Waals surface area contributed by atoms with Crippen molar-refractivity contribution in [3.63, 3.8) is 0 Å². The molecule has 1 aliphatic rings. The number of hydrogen-bond donors (Lipinski definition) is 1.